The van der Waals surface area contributed by atoms with Gasteiger partial charge in [-0.15, -0.1) is 11.8 Å². The number of carbonyl (C=O) groups is 1. The summed E-state index contributed by atoms with van der Waals surface area (Å²) in [5.41, 5.74) is 0.390. The van der Waals surface area contributed by atoms with Crippen LogP contribution in [0.4, 0.5) is 11.4 Å². The monoisotopic (exact) mass is 333 g/mol. The molecular formula is C15H15N3O4S. The molecular weight excluding hydrogens is 318 g/mol. The number of aromatic nitrogens is 1. The van der Waals surface area contributed by atoms with E-state index in [0.29, 0.717) is 5.69 Å². The van der Waals surface area contributed by atoms with Gasteiger partial charge in [0.05, 0.1) is 15.9 Å². The maximum Gasteiger partial charge on any atom is 0.269 e. The van der Waals surface area contributed by atoms with E-state index in [2.05, 4.69) is 5.32 Å². The first-order valence-corrected chi connectivity index (χ1v) is 7.63. The van der Waals surface area contributed by atoms with E-state index in [-0.39, 0.29) is 17.2 Å². The Labute approximate surface area is 136 Å². The predicted molar refractivity (Wildman–Crippen MR) is 88.7 cm³/mol. The predicted octanol–water partition coefficient (Wildman–Crippen LogP) is 2.41. The molecule has 1 N–H and O–H groups in total. The fourth-order valence-corrected chi connectivity index (χ4v) is 2.68. The number of rotatable bonds is 5. The van der Waals surface area contributed by atoms with Gasteiger partial charge in [-0.1, -0.05) is 0 Å². The van der Waals surface area contributed by atoms with E-state index < -0.39 is 10.2 Å². The van der Waals surface area contributed by atoms with Crippen molar-refractivity contribution in [3.8, 4) is 0 Å². The topological polar surface area (TPSA) is 94.2 Å². The lowest BCUT2D eigenvalue weighted by Crippen LogP contribution is -2.24. The lowest BCUT2D eigenvalue weighted by Gasteiger charge is -2.12. The molecule has 0 saturated heterocycles. The van der Waals surface area contributed by atoms with Crippen molar-refractivity contribution in [3.05, 3.63) is 63.1 Å². The molecule has 0 fully saturated rings. The highest BCUT2D eigenvalue weighted by atomic mass is 32.2. The minimum Gasteiger partial charge on any atom is -0.324 e. The normalized spacial score (nSPS) is 11.7. The number of benzene rings is 1. The Morgan fingerprint density at radius 1 is 1.26 bits per heavy atom. The van der Waals surface area contributed by atoms with Crippen molar-refractivity contribution in [2.75, 3.05) is 5.32 Å². The molecule has 1 aromatic carbocycles. The standard InChI is InChI=1S/C15H15N3O4S/c1-10(23-13-6-4-12(5-7-13)18(21)22)15(20)16-11-3-8-14(19)17(2)9-11/h3-10H,1-2H3,(H,16,20)/t10-/m1/s1. The SMILES string of the molecule is C[C@@H](Sc1ccc([N+](=O)[O-])cc1)C(=O)Nc1ccc(=O)n(C)c1. The average Bonchev–Trinajstić information content (AvgIpc) is 2.51. The molecule has 8 heteroatoms. The van der Waals surface area contributed by atoms with Crippen molar-refractivity contribution in [1.82, 2.24) is 4.57 Å². The minimum absolute atomic E-state index is 0.0108. The second kappa shape index (κ2) is 7.10. The lowest BCUT2D eigenvalue weighted by molar-refractivity contribution is -0.384. The summed E-state index contributed by atoms with van der Waals surface area (Å²) in [7, 11) is 1.60. The van der Waals surface area contributed by atoms with Gasteiger partial charge in [0.2, 0.25) is 11.5 Å². The first-order chi connectivity index (χ1) is 10.9. The Bertz CT molecular complexity index is 786. The van der Waals surface area contributed by atoms with Crippen molar-refractivity contribution in [2.24, 2.45) is 7.05 Å². The molecule has 2 aromatic rings. The summed E-state index contributed by atoms with van der Waals surface area (Å²) in [5.74, 6) is -0.216. The number of nitro groups is 1. The molecule has 0 aliphatic rings. The summed E-state index contributed by atoms with van der Waals surface area (Å²) in [6.45, 7) is 1.74. The van der Waals surface area contributed by atoms with Crippen LogP contribution in [0.1, 0.15) is 6.92 Å². The van der Waals surface area contributed by atoms with Crippen LogP contribution in [0.3, 0.4) is 0 Å². The van der Waals surface area contributed by atoms with Gasteiger partial charge in [-0.25, -0.2) is 0 Å². The molecule has 120 valence electrons. The van der Waals surface area contributed by atoms with Crippen molar-refractivity contribution >= 4 is 29.0 Å². The van der Waals surface area contributed by atoms with Crippen molar-refractivity contribution in [3.63, 3.8) is 0 Å². The van der Waals surface area contributed by atoms with Crippen LogP contribution in [0.2, 0.25) is 0 Å². The van der Waals surface area contributed by atoms with E-state index in [1.807, 2.05) is 0 Å². The van der Waals surface area contributed by atoms with E-state index in [0.717, 1.165) is 4.90 Å². The summed E-state index contributed by atoms with van der Waals surface area (Å²) in [6.07, 6.45) is 1.55. The maximum absolute atomic E-state index is 12.2. The zero-order valence-corrected chi connectivity index (χ0v) is 13.4. The van der Waals surface area contributed by atoms with Crippen molar-refractivity contribution in [1.29, 1.82) is 0 Å². The third-order valence-corrected chi connectivity index (χ3v) is 4.19. The molecule has 0 aliphatic heterocycles. The van der Waals surface area contributed by atoms with Crippen LogP contribution in [-0.2, 0) is 11.8 Å². The third kappa shape index (κ3) is 4.43. The highest BCUT2D eigenvalue weighted by Gasteiger charge is 2.15. The number of hydrogen-bond acceptors (Lipinski definition) is 5. The average molecular weight is 333 g/mol. The molecule has 0 saturated carbocycles. The number of thioether (sulfide) groups is 1. The largest absolute Gasteiger partial charge is 0.324 e. The molecule has 0 aliphatic carbocycles. The quantitative estimate of drug-likeness (QED) is 0.515. The number of non-ortho nitro benzene ring substituents is 1. The Balaban J connectivity index is 2.00. The van der Waals surface area contributed by atoms with E-state index in [9.17, 15) is 19.7 Å². The second-order valence-electron chi connectivity index (χ2n) is 4.87. The molecule has 1 amide bonds. The van der Waals surface area contributed by atoms with Gasteiger partial charge in [-0.3, -0.25) is 19.7 Å². The van der Waals surface area contributed by atoms with E-state index in [4.69, 9.17) is 0 Å². The summed E-state index contributed by atoms with van der Waals surface area (Å²) < 4.78 is 1.38. The van der Waals surface area contributed by atoms with Crippen LogP contribution in [-0.4, -0.2) is 20.6 Å². The van der Waals surface area contributed by atoms with Gasteiger partial charge in [0.15, 0.2) is 0 Å². The van der Waals surface area contributed by atoms with Crippen LogP contribution < -0.4 is 10.9 Å². The van der Waals surface area contributed by atoms with Crippen molar-refractivity contribution < 1.29 is 9.72 Å². The number of nitrogens with zero attached hydrogens (tertiary/aromatic N) is 2. The molecule has 1 aromatic heterocycles. The summed E-state index contributed by atoms with van der Waals surface area (Å²) in [5, 5.41) is 12.9. The Morgan fingerprint density at radius 2 is 1.91 bits per heavy atom. The molecule has 7 nitrogen and oxygen atoms in total. The Hall–Kier alpha value is -2.61. The minimum atomic E-state index is -0.468. The van der Waals surface area contributed by atoms with Crippen LogP contribution in [0.25, 0.3) is 0 Å². The second-order valence-corrected chi connectivity index (χ2v) is 6.28. The first-order valence-electron chi connectivity index (χ1n) is 6.75. The van der Waals surface area contributed by atoms with Gasteiger partial charge in [0, 0.05) is 36.3 Å². The molecule has 1 atom stereocenters. The highest BCUT2D eigenvalue weighted by molar-refractivity contribution is 8.00. The number of hydrogen-bond donors (Lipinski definition) is 1. The van der Waals surface area contributed by atoms with Crippen molar-refractivity contribution in [2.45, 2.75) is 17.1 Å². The van der Waals surface area contributed by atoms with Gasteiger partial charge < -0.3 is 9.88 Å². The van der Waals surface area contributed by atoms with E-state index in [1.165, 1.54) is 34.5 Å². The van der Waals surface area contributed by atoms with E-state index >= 15 is 0 Å². The number of carbonyl (C=O) groups excluding carboxylic acids is 1. The number of anilines is 1. The molecule has 1 heterocycles. The number of aryl methyl sites for hydroxylation is 1. The van der Waals surface area contributed by atoms with E-state index in [1.54, 1.807) is 38.4 Å². The number of pyridine rings is 1. The number of nitrogens with one attached hydrogen (secondary N) is 1. The molecule has 0 spiro atoms. The number of nitro benzene ring substituents is 1. The van der Waals surface area contributed by atoms with Crippen LogP contribution in [0.5, 0.6) is 0 Å². The molecule has 0 radical (unpaired) electrons. The number of amides is 1. The van der Waals surface area contributed by atoms with Crippen LogP contribution in [0.15, 0.2) is 52.3 Å². The lowest BCUT2D eigenvalue weighted by atomic mass is 10.3. The summed E-state index contributed by atoms with van der Waals surface area (Å²) in [4.78, 5) is 34.4. The van der Waals surface area contributed by atoms with Crippen LogP contribution in [0, 0.1) is 10.1 Å². The maximum atomic E-state index is 12.2. The molecule has 0 unspecified atom stereocenters. The van der Waals surface area contributed by atoms with Crippen LogP contribution >= 0.6 is 11.8 Å². The zero-order valence-electron chi connectivity index (χ0n) is 12.6. The zero-order chi connectivity index (χ0) is 17.0. The Kier molecular flexibility index (Phi) is 5.17. The fraction of sp³-hybridized carbons (Fsp3) is 0.200. The molecule has 2 rings (SSSR count). The van der Waals surface area contributed by atoms with Gasteiger partial charge in [0.25, 0.3) is 5.69 Å². The summed E-state index contributed by atoms with van der Waals surface area (Å²) in [6, 6.07) is 8.95. The van der Waals surface area contributed by atoms with Gasteiger partial charge in [0.1, 0.15) is 0 Å². The summed E-state index contributed by atoms with van der Waals surface area (Å²) >= 11 is 1.30. The smallest absolute Gasteiger partial charge is 0.269 e. The fourth-order valence-electron chi connectivity index (χ4n) is 1.82. The molecule has 23 heavy (non-hydrogen) atoms. The van der Waals surface area contributed by atoms with Gasteiger partial charge in [-0.2, -0.15) is 0 Å². The first kappa shape index (κ1) is 16.8. The molecule has 0 bridgehead atoms. The highest BCUT2D eigenvalue weighted by Crippen LogP contribution is 2.26. The van der Waals surface area contributed by atoms with Gasteiger partial charge in [-0.05, 0) is 25.1 Å². The Morgan fingerprint density at radius 3 is 2.48 bits per heavy atom. The third-order valence-electron chi connectivity index (χ3n) is 3.08. The van der Waals surface area contributed by atoms with Gasteiger partial charge >= 0.3 is 0 Å².